The van der Waals surface area contributed by atoms with Gasteiger partial charge in [-0.1, -0.05) is 10.8 Å². The van der Waals surface area contributed by atoms with Crippen LogP contribution in [-0.2, 0) is 16.1 Å². The molecular formula is C12H18N4O2. The number of aromatic nitrogens is 3. The highest BCUT2D eigenvalue weighted by atomic mass is 16.5. The van der Waals surface area contributed by atoms with Crippen molar-refractivity contribution < 1.29 is 9.53 Å². The molecule has 0 bridgehead atoms. The standard InChI is InChI=1S/C12H18N4O2/c1-18-12(17)4-6-16-11(9-14-15-16)7-10-3-2-5-13-8-10/h7,9,13H,2-6,8H2,1H3. The minimum Gasteiger partial charge on any atom is -0.469 e. The van der Waals surface area contributed by atoms with Gasteiger partial charge >= 0.3 is 5.97 Å². The zero-order valence-electron chi connectivity index (χ0n) is 10.6. The number of ether oxygens (including phenoxy) is 1. The SMILES string of the molecule is COC(=O)CCn1nncc1C=C1CCCNC1. The molecule has 1 aliphatic heterocycles. The molecule has 0 unspecified atom stereocenters. The monoisotopic (exact) mass is 250 g/mol. The number of esters is 1. The lowest BCUT2D eigenvalue weighted by atomic mass is 10.1. The number of rotatable bonds is 4. The van der Waals surface area contributed by atoms with Gasteiger partial charge in [0.25, 0.3) is 0 Å². The van der Waals surface area contributed by atoms with E-state index in [4.69, 9.17) is 0 Å². The highest BCUT2D eigenvalue weighted by molar-refractivity contribution is 5.69. The molecular weight excluding hydrogens is 232 g/mol. The zero-order chi connectivity index (χ0) is 12.8. The molecule has 2 heterocycles. The maximum absolute atomic E-state index is 11.1. The van der Waals surface area contributed by atoms with Gasteiger partial charge in [0.05, 0.1) is 32.0 Å². The molecule has 0 amide bonds. The Labute approximate surface area is 106 Å². The molecule has 0 aliphatic carbocycles. The maximum Gasteiger partial charge on any atom is 0.307 e. The lowest BCUT2D eigenvalue weighted by Gasteiger charge is -2.15. The predicted molar refractivity (Wildman–Crippen MR) is 66.7 cm³/mol. The Bertz CT molecular complexity index is 431. The molecule has 6 nitrogen and oxygen atoms in total. The maximum atomic E-state index is 11.1. The first-order chi connectivity index (χ1) is 8.79. The molecule has 0 aromatic carbocycles. The molecule has 1 saturated heterocycles. The summed E-state index contributed by atoms with van der Waals surface area (Å²) in [6, 6.07) is 0. The van der Waals surface area contributed by atoms with Crippen LogP contribution in [0, 0.1) is 0 Å². The zero-order valence-corrected chi connectivity index (χ0v) is 10.6. The van der Waals surface area contributed by atoms with Crippen LogP contribution in [0.15, 0.2) is 11.8 Å². The fourth-order valence-corrected chi connectivity index (χ4v) is 1.96. The first kappa shape index (κ1) is 12.8. The Morgan fingerprint density at radius 2 is 2.56 bits per heavy atom. The van der Waals surface area contributed by atoms with Crippen molar-refractivity contribution in [1.82, 2.24) is 20.3 Å². The van der Waals surface area contributed by atoms with Crippen molar-refractivity contribution in [1.29, 1.82) is 0 Å². The molecule has 1 aromatic rings. The Hall–Kier alpha value is -1.69. The highest BCUT2D eigenvalue weighted by Crippen LogP contribution is 2.13. The smallest absolute Gasteiger partial charge is 0.307 e. The van der Waals surface area contributed by atoms with Crippen molar-refractivity contribution in [2.45, 2.75) is 25.8 Å². The summed E-state index contributed by atoms with van der Waals surface area (Å²) in [5.41, 5.74) is 2.29. The van der Waals surface area contributed by atoms with Crippen molar-refractivity contribution in [2.24, 2.45) is 0 Å². The van der Waals surface area contributed by atoms with E-state index in [1.54, 1.807) is 10.9 Å². The minimum absolute atomic E-state index is 0.233. The summed E-state index contributed by atoms with van der Waals surface area (Å²) in [5.74, 6) is -0.233. The minimum atomic E-state index is -0.233. The summed E-state index contributed by atoms with van der Waals surface area (Å²) in [5, 5.41) is 11.2. The van der Waals surface area contributed by atoms with Crippen molar-refractivity contribution in [2.75, 3.05) is 20.2 Å². The third-order valence-electron chi connectivity index (χ3n) is 2.96. The summed E-state index contributed by atoms with van der Waals surface area (Å²) < 4.78 is 6.35. The molecule has 98 valence electrons. The van der Waals surface area contributed by atoms with E-state index in [9.17, 15) is 4.79 Å². The number of carbonyl (C=O) groups excluding carboxylic acids is 1. The van der Waals surface area contributed by atoms with E-state index in [-0.39, 0.29) is 5.97 Å². The van der Waals surface area contributed by atoms with Gasteiger partial charge in [-0.2, -0.15) is 0 Å². The Balaban J connectivity index is 2.00. The Kier molecular flexibility index (Phi) is 4.46. The number of methoxy groups -OCH3 is 1. The van der Waals surface area contributed by atoms with E-state index in [1.165, 1.54) is 12.7 Å². The van der Waals surface area contributed by atoms with Gasteiger partial charge in [0.2, 0.25) is 0 Å². The molecule has 1 fully saturated rings. The van der Waals surface area contributed by atoms with E-state index in [0.717, 1.165) is 31.6 Å². The number of nitrogens with zero attached hydrogens (tertiary/aromatic N) is 3. The molecule has 0 saturated carbocycles. The van der Waals surface area contributed by atoms with Crippen molar-refractivity contribution in [3.63, 3.8) is 0 Å². The molecule has 2 rings (SSSR count). The summed E-state index contributed by atoms with van der Waals surface area (Å²) in [4.78, 5) is 11.1. The quantitative estimate of drug-likeness (QED) is 0.793. The summed E-state index contributed by atoms with van der Waals surface area (Å²) in [6.07, 6.45) is 6.40. The number of hydrogen-bond acceptors (Lipinski definition) is 5. The second kappa shape index (κ2) is 6.30. The Morgan fingerprint density at radius 3 is 3.28 bits per heavy atom. The molecule has 18 heavy (non-hydrogen) atoms. The molecule has 0 radical (unpaired) electrons. The van der Waals surface area contributed by atoms with Gasteiger partial charge in [-0.3, -0.25) is 4.79 Å². The average molecular weight is 250 g/mol. The van der Waals surface area contributed by atoms with Gasteiger partial charge in [-0.25, -0.2) is 4.68 Å². The summed E-state index contributed by atoms with van der Waals surface area (Å²) >= 11 is 0. The topological polar surface area (TPSA) is 69.0 Å². The molecule has 1 aliphatic rings. The summed E-state index contributed by atoms with van der Waals surface area (Å²) in [6.45, 7) is 2.50. The molecule has 1 aromatic heterocycles. The fourth-order valence-electron chi connectivity index (χ4n) is 1.96. The second-order valence-electron chi connectivity index (χ2n) is 4.29. The van der Waals surface area contributed by atoms with E-state index < -0.39 is 0 Å². The number of hydrogen-bond donors (Lipinski definition) is 1. The van der Waals surface area contributed by atoms with Crippen LogP contribution in [-0.4, -0.2) is 41.2 Å². The van der Waals surface area contributed by atoms with Crippen molar-refractivity contribution in [3.05, 3.63) is 17.5 Å². The van der Waals surface area contributed by atoms with Crippen molar-refractivity contribution in [3.8, 4) is 0 Å². The lowest BCUT2D eigenvalue weighted by Crippen LogP contribution is -2.23. The van der Waals surface area contributed by atoms with Crippen LogP contribution in [0.5, 0.6) is 0 Å². The molecule has 0 atom stereocenters. The van der Waals surface area contributed by atoms with E-state index in [1.807, 2.05) is 0 Å². The van der Waals surface area contributed by atoms with Crippen LogP contribution >= 0.6 is 0 Å². The third-order valence-corrected chi connectivity index (χ3v) is 2.96. The van der Waals surface area contributed by atoms with Gasteiger partial charge in [0.15, 0.2) is 0 Å². The second-order valence-corrected chi connectivity index (χ2v) is 4.29. The van der Waals surface area contributed by atoms with Gasteiger partial charge in [0, 0.05) is 6.54 Å². The van der Waals surface area contributed by atoms with Crippen LogP contribution in [0.1, 0.15) is 25.0 Å². The van der Waals surface area contributed by atoms with E-state index in [2.05, 4.69) is 26.4 Å². The number of aryl methyl sites for hydroxylation is 1. The van der Waals surface area contributed by atoms with Crippen LogP contribution < -0.4 is 5.32 Å². The average Bonchev–Trinajstić information content (AvgIpc) is 2.84. The molecule has 6 heteroatoms. The van der Waals surface area contributed by atoms with E-state index in [0.29, 0.717) is 13.0 Å². The van der Waals surface area contributed by atoms with Gasteiger partial charge in [0.1, 0.15) is 0 Å². The first-order valence-electron chi connectivity index (χ1n) is 6.15. The first-order valence-corrected chi connectivity index (χ1v) is 6.15. The highest BCUT2D eigenvalue weighted by Gasteiger charge is 2.08. The number of nitrogens with one attached hydrogen (secondary N) is 1. The van der Waals surface area contributed by atoms with Crippen LogP contribution in [0.3, 0.4) is 0 Å². The lowest BCUT2D eigenvalue weighted by molar-refractivity contribution is -0.140. The third kappa shape index (κ3) is 3.40. The molecule has 0 spiro atoms. The molecule has 1 N–H and O–H groups in total. The van der Waals surface area contributed by atoms with Gasteiger partial charge in [-0.15, -0.1) is 5.10 Å². The number of piperidine rings is 1. The van der Waals surface area contributed by atoms with Crippen LogP contribution in [0.2, 0.25) is 0 Å². The van der Waals surface area contributed by atoms with Crippen LogP contribution in [0.25, 0.3) is 6.08 Å². The Morgan fingerprint density at radius 1 is 1.67 bits per heavy atom. The fraction of sp³-hybridized carbons (Fsp3) is 0.583. The largest absolute Gasteiger partial charge is 0.469 e. The van der Waals surface area contributed by atoms with Gasteiger partial charge in [-0.05, 0) is 25.5 Å². The van der Waals surface area contributed by atoms with E-state index >= 15 is 0 Å². The van der Waals surface area contributed by atoms with Crippen molar-refractivity contribution >= 4 is 12.0 Å². The normalized spacial score (nSPS) is 17.9. The van der Waals surface area contributed by atoms with Crippen LogP contribution in [0.4, 0.5) is 0 Å². The summed E-state index contributed by atoms with van der Waals surface area (Å²) in [7, 11) is 1.39. The van der Waals surface area contributed by atoms with Gasteiger partial charge < -0.3 is 10.1 Å². The number of carbonyl (C=O) groups is 1. The predicted octanol–water partition coefficient (Wildman–Crippen LogP) is 0.608.